The number of carbonyl (C=O) groups excluding carboxylic acids is 1. The van der Waals surface area contributed by atoms with Crippen molar-refractivity contribution in [1.29, 1.82) is 0 Å². The third-order valence-corrected chi connectivity index (χ3v) is 11.7. The van der Waals surface area contributed by atoms with Gasteiger partial charge in [0.05, 0.1) is 18.8 Å². The molecule has 3 saturated heterocycles. The molecule has 3 N–H and O–H groups in total. The number of aliphatic hydroxyl groups excluding tert-OH is 1. The van der Waals surface area contributed by atoms with Gasteiger partial charge in [-0.05, 0) is 116 Å². The second-order valence-corrected chi connectivity index (χ2v) is 15.7. The normalized spacial score (nSPS) is 22.7. The van der Waals surface area contributed by atoms with Crippen molar-refractivity contribution in [1.82, 2.24) is 15.1 Å². The van der Waals surface area contributed by atoms with Crippen molar-refractivity contribution in [3.8, 4) is 22.6 Å². The van der Waals surface area contributed by atoms with Gasteiger partial charge in [0.15, 0.2) is 6.29 Å². The van der Waals surface area contributed by atoms with Gasteiger partial charge in [0.25, 0.3) is 0 Å². The van der Waals surface area contributed by atoms with Gasteiger partial charge in [0, 0.05) is 42.8 Å². The number of nitrogens with one attached hydrogen (secondary N) is 2. The van der Waals surface area contributed by atoms with Crippen molar-refractivity contribution >= 4 is 11.7 Å². The van der Waals surface area contributed by atoms with Crippen molar-refractivity contribution in [2.75, 3.05) is 38.0 Å². The summed E-state index contributed by atoms with van der Waals surface area (Å²) in [4.78, 5) is 18.1. The van der Waals surface area contributed by atoms with Crippen LogP contribution in [-0.2, 0) is 22.6 Å². The van der Waals surface area contributed by atoms with Crippen LogP contribution in [0.25, 0.3) is 11.1 Å². The Bertz CT molecular complexity index is 2040. The number of aliphatic hydroxyl groups is 1. The highest BCUT2D eigenvalue weighted by Crippen LogP contribution is 2.42. The van der Waals surface area contributed by atoms with Gasteiger partial charge in [-0.3, -0.25) is 4.90 Å². The Balaban J connectivity index is 0.909. The minimum absolute atomic E-state index is 0.000442. The van der Waals surface area contributed by atoms with E-state index in [-0.39, 0.29) is 30.8 Å². The molecule has 9 nitrogen and oxygen atoms in total. The fourth-order valence-corrected chi connectivity index (χ4v) is 8.45. The van der Waals surface area contributed by atoms with Gasteiger partial charge < -0.3 is 34.9 Å². The van der Waals surface area contributed by atoms with E-state index in [9.17, 15) is 9.90 Å². The number of rotatable bonds is 13. The lowest BCUT2D eigenvalue weighted by Crippen LogP contribution is -2.48. The van der Waals surface area contributed by atoms with Crippen LogP contribution in [0.5, 0.6) is 11.5 Å². The first-order chi connectivity index (χ1) is 28.0. The molecular weight excluding hydrogens is 713 g/mol. The Labute approximate surface area is 336 Å². The summed E-state index contributed by atoms with van der Waals surface area (Å²) in [5.74, 6) is 1.60. The van der Waals surface area contributed by atoms with Crippen LogP contribution in [0, 0.1) is 5.92 Å². The third-order valence-electron chi connectivity index (χ3n) is 11.7. The summed E-state index contributed by atoms with van der Waals surface area (Å²) < 4.78 is 19.5. The number of anilines is 1. The first-order valence-corrected chi connectivity index (χ1v) is 20.5. The van der Waals surface area contributed by atoms with Crippen LogP contribution in [0.2, 0.25) is 0 Å². The van der Waals surface area contributed by atoms with Crippen LogP contribution in [-0.4, -0.2) is 65.8 Å². The molecule has 0 radical (unpaired) electrons. The van der Waals surface area contributed by atoms with E-state index in [1.54, 1.807) is 0 Å². The van der Waals surface area contributed by atoms with Gasteiger partial charge in [-0.15, -0.1) is 0 Å². The van der Waals surface area contributed by atoms with Crippen LogP contribution in [0.1, 0.15) is 67.3 Å². The van der Waals surface area contributed by atoms with Gasteiger partial charge in [0.1, 0.15) is 11.5 Å². The molecule has 3 fully saturated rings. The average Bonchev–Trinajstić information content (AvgIpc) is 3.94. The maximum atomic E-state index is 12.8. The summed E-state index contributed by atoms with van der Waals surface area (Å²) in [7, 11) is 0. The molecule has 3 heterocycles. The van der Waals surface area contributed by atoms with Crippen molar-refractivity contribution in [3.63, 3.8) is 0 Å². The monoisotopic (exact) mass is 766 g/mol. The van der Waals surface area contributed by atoms with E-state index in [0.717, 1.165) is 58.8 Å². The summed E-state index contributed by atoms with van der Waals surface area (Å²) >= 11 is 0. The van der Waals surface area contributed by atoms with Crippen molar-refractivity contribution in [2.45, 2.75) is 70.3 Å². The zero-order chi connectivity index (χ0) is 39.0. The van der Waals surface area contributed by atoms with Gasteiger partial charge in [-0.2, -0.15) is 0 Å². The van der Waals surface area contributed by atoms with Crippen LogP contribution in [0.4, 0.5) is 10.5 Å². The second kappa shape index (κ2) is 18.5. The van der Waals surface area contributed by atoms with Gasteiger partial charge in [0.2, 0.25) is 0 Å². The van der Waals surface area contributed by atoms with E-state index in [0.29, 0.717) is 24.0 Å². The quantitative estimate of drug-likeness (QED) is 0.110. The highest BCUT2D eigenvalue weighted by molar-refractivity contribution is 5.89. The SMILES string of the molecule is C[C@H]1[C@@H](CN2CCC[C@H]2CN2CCCC2)O[C@@H](c2ccc(-c3cccc(CNC(=O)Nc4ccc(Oc5ccccc5)cc4)c3)cc2)O[C@H]1c1ccc(CO)cc1. The first-order valence-electron chi connectivity index (χ1n) is 20.5. The van der Waals surface area contributed by atoms with E-state index in [2.05, 4.69) is 75.9 Å². The summed E-state index contributed by atoms with van der Waals surface area (Å²) in [6.45, 7) is 8.25. The Hall–Kier alpha value is -5.03. The number of nitrogens with zero attached hydrogens (tertiary/aromatic N) is 2. The minimum atomic E-state index is -0.510. The Morgan fingerprint density at radius 2 is 1.47 bits per heavy atom. The molecule has 0 unspecified atom stereocenters. The molecule has 0 aliphatic carbocycles. The second-order valence-electron chi connectivity index (χ2n) is 15.7. The molecule has 2 amide bonds. The molecule has 3 aliphatic rings. The number of hydrogen-bond acceptors (Lipinski definition) is 7. The predicted molar refractivity (Wildman–Crippen MR) is 224 cm³/mol. The van der Waals surface area contributed by atoms with Crippen molar-refractivity contribution in [2.24, 2.45) is 5.92 Å². The molecule has 0 spiro atoms. The van der Waals surface area contributed by atoms with Gasteiger partial charge >= 0.3 is 6.03 Å². The topological polar surface area (TPSA) is 95.5 Å². The van der Waals surface area contributed by atoms with Crippen molar-refractivity contribution < 1.29 is 24.1 Å². The van der Waals surface area contributed by atoms with E-state index in [4.69, 9.17) is 14.2 Å². The number of benzene rings is 5. The number of urea groups is 1. The number of para-hydroxylation sites is 1. The predicted octanol–water partition coefficient (Wildman–Crippen LogP) is 9.31. The fourth-order valence-electron chi connectivity index (χ4n) is 8.45. The molecule has 0 saturated carbocycles. The van der Waals surface area contributed by atoms with E-state index in [1.807, 2.05) is 78.9 Å². The number of amides is 2. The van der Waals surface area contributed by atoms with Crippen LogP contribution in [0.3, 0.4) is 0 Å². The van der Waals surface area contributed by atoms with E-state index in [1.165, 1.54) is 38.8 Å². The molecule has 57 heavy (non-hydrogen) atoms. The summed E-state index contributed by atoms with van der Waals surface area (Å²) in [5.41, 5.74) is 6.79. The Kier molecular flexibility index (Phi) is 12.6. The molecule has 5 aromatic rings. The molecule has 0 bridgehead atoms. The summed E-state index contributed by atoms with van der Waals surface area (Å²) in [6, 6.07) is 42.0. The Morgan fingerprint density at radius 1 is 0.737 bits per heavy atom. The molecule has 5 aromatic carbocycles. The number of likely N-dealkylation sites (tertiary alicyclic amines) is 2. The maximum Gasteiger partial charge on any atom is 0.319 e. The van der Waals surface area contributed by atoms with Crippen molar-refractivity contribution in [3.05, 3.63) is 150 Å². The lowest BCUT2D eigenvalue weighted by molar-refractivity contribution is -0.276. The lowest BCUT2D eigenvalue weighted by Gasteiger charge is -2.43. The smallest absolute Gasteiger partial charge is 0.319 e. The molecule has 5 atom stereocenters. The highest BCUT2D eigenvalue weighted by atomic mass is 16.7. The van der Waals surface area contributed by atoms with Crippen LogP contribution < -0.4 is 15.4 Å². The largest absolute Gasteiger partial charge is 0.457 e. The molecule has 0 aromatic heterocycles. The standard InChI is InChI=1S/C48H54N4O5/c1-34-45(32-52-28-8-11-42(52)31-51-26-5-6-27-51)56-47(57-46(34)38-16-14-35(33-53)15-17-38)39-20-18-37(19-21-39)40-10-7-9-36(29-40)30-49-48(54)50-41-22-24-44(25-23-41)55-43-12-3-2-4-13-43/h2-4,7,9-10,12-25,29,34,42,45-47,53H,5-6,8,11,26-28,30-33H2,1H3,(H2,49,50,54)/t34-,42-,45+,46+,47+/m0/s1. The fraction of sp³-hybridized carbons (Fsp3) is 0.354. The summed E-state index contributed by atoms with van der Waals surface area (Å²) in [6.07, 6.45) is 4.45. The summed E-state index contributed by atoms with van der Waals surface area (Å²) in [5, 5.41) is 15.6. The van der Waals surface area contributed by atoms with Crippen LogP contribution >= 0.6 is 0 Å². The molecule has 3 aliphatic heterocycles. The first kappa shape index (κ1) is 38.8. The maximum absolute atomic E-state index is 12.8. The molecule has 296 valence electrons. The zero-order valence-electron chi connectivity index (χ0n) is 32.8. The number of hydrogen-bond donors (Lipinski definition) is 3. The minimum Gasteiger partial charge on any atom is -0.457 e. The molecule has 9 heteroatoms. The molecule has 8 rings (SSSR count). The molecular formula is C48H54N4O5. The van der Waals surface area contributed by atoms with Gasteiger partial charge in [-0.1, -0.05) is 91.9 Å². The highest BCUT2D eigenvalue weighted by Gasteiger charge is 2.41. The average molecular weight is 767 g/mol. The zero-order valence-corrected chi connectivity index (χ0v) is 32.8. The van der Waals surface area contributed by atoms with E-state index < -0.39 is 6.29 Å². The third kappa shape index (κ3) is 9.93. The van der Waals surface area contributed by atoms with Crippen LogP contribution in [0.15, 0.2) is 127 Å². The van der Waals surface area contributed by atoms with E-state index >= 15 is 0 Å². The van der Waals surface area contributed by atoms with Gasteiger partial charge in [-0.25, -0.2) is 4.79 Å². The number of carbonyl (C=O) groups is 1. The Morgan fingerprint density at radius 3 is 2.23 bits per heavy atom. The lowest BCUT2D eigenvalue weighted by atomic mass is 9.89. The number of ether oxygens (including phenoxy) is 3.